The molecule has 15 heteroatoms. The zero-order valence-electron chi connectivity index (χ0n) is 39.4. The Morgan fingerprint density at radius 1 is 1.06 bits per heavy atom. The summed E-state index contributed by atoms with van der Waals surface area (Å²) in [5, 5.41) is 3.66. The van der Waals surface area contributed by atoms with Gasteiger partial charge in [-0.25, -0.2) is 14.6 Å². The number of carbonyl (C=O) groups is 3. The number of rotatable bonds is 16. The number of benzene rings is 2. The number of ether oxygens (including phenoxy) is 4. The van der Waals surface area contributed by atoms with Crippen LogP contribution in [-0.2, 0) is 54.6 Å². The maximum atomic E-state index is 14.6. The molecule has 65 heavy (non-hydrogen) atoms. The molecule has 0 saturated carbocycles. The summed E-state index contributed by atoms with van der Waals surface area (Å²) in [6, 6.07) is 13.1. The van der Waals surface area contributed by atoms with Crippen molar-refractivity contribution in [1.82, 2.24) is 30.6 Å². The number of amides is 1. The second kappa shape index (κ2) is 20.7. The fraction of sp³-hybridized carbons (Fsp3) is 0.560. The number of esters is 1. The third kappa shape index (κ3) is 11.5. The topological polar surface area (TPSA) is 149 Å². The van der Waals surface area contributed by atoms with Crippen LogP contribution < -0.4 is 21.1 Å². The number of halogens is 1. The van der Waals surface area contributed by atoms with Crippen LogP contribution in [-0.4, -0.2) is 116 Å². The summed E-state index contributed by atoms with van der Waals surface area (Å²) in [7, 11) is 1.70. The van der Waals surface area contributed by atoms with E-state index in [1.54, 1.807) is 33.9 Å². The second-order valence-electron chi connectivity index (χ2n) is 19.5. The van der Waals surface area contributed by atoms with Gasteiger partial charge >= 0.3 is 12.1 Å². The summed E-state index contributed by atoms with van der Waals surface area (Å²) in [4.78, 5) is 48.2. The van der Waals surface area contributed by atoms with Crippen molar-refractivity contribution in [3.63, 3.8) is 0 Å². The van der Waals surface area contributed by atoms with Gasteiger partial charge in [0.15, 0.2) is 0 Å². The minimum atomic E-state index is -0.878. The molecule has 3 N–H and O–H groups in total. The van der Waals surface area contributed by atoms with Gasteiger partial charge < -0.3 is 38.5 Å². The van der Waals surface area contributed by atoms with Crippen molar-refractivity contribution in [2.75, 3.05) is 64.6 Å². The standard InChI is InChI=1S/C50H68FN7O7/c1-9-58-44-13-12-35(36-20-33(19-34(21-36)26-51)22-37(29-59)54-48(61)65-49(3,4)5)23-40(44)42(25-50(6,7)31-64-47(60)43-11-10-14-53-55-43)46(58)41-24-38(27-52-45(41)32(2)62-8)57-16-15-56-17-18-63-30-39(56)28-57/h12-13,19-21,23-24,27,29,32,37,39,43,53,55H,9-11,14-18,22,25-26,28,30-31H2,1-8H3,(H,54,61)/t32-,37-,39-,43?/m0/s1. The molecule has 3 aliphatic heterocycles. The maximum Gasteiger partial charge on any atom is 0.408 e. The van der Waals surface area contributed by atoms with E-state index >= 15 is 0 Å². The van der Waals surface area contributed by atoms with Gasteiger partial charge in [-0.2, -0.15) is 0 Å². The summed E-state index contributed by atoms with van der Waals surface area (Å²) in [6.07, 6.45) is 3.92. The molecule has 3 aliphatic rings. The number of methoxy groups -OCH3 is 1. The molecule has 14 nitrogen and oxygen atoms in total. The molecule has 7 rings (SSSR count). The average molecular weight is 898 g/mol. The van der Waals surface area contributed by atoms with E-state index in [1.807, 2.05) is 25.3 Å². The fourth-order valence-corrected chi connectivity index (χ4v) is 9.37. The van der Waals surface area contributed by atoms with Gasteiger partial charge in [-0.05, 0) is 112 Å². The van der Waals surface area contributed by atoms with Crippen LogP contribution >= 0.6 is 0 Å². The number of fused-ring (bicyclic) bond motifs is 2. The van der Waals surface area contributed by atoms with Crippen LogP contribution in [0.4, 0.5) is 14.9 Å². The minimum absolute atomic E-state index is 0.152. The molecule has 0 aliphatic carbocycles. The zero-order chi connectivity index (χ0) is 46.5. The summed E-state index contributed by atoms with van der Waals surface area (Å²) in [6.45, 7) is 19.7. The number of nitrogens with one attached hydrogen (secondary N) is 3. The van der Waals surface area contributed by atoms with Crippen LogP contribution in [0.3, 0.4) is 0 Å². The number of aryl methyl sites for hydroxylation is 1. The third-order valence-corrected chi connectivity index (χ3v) is 12.7. The van der Waals surface area contributed by atoms with Gasteiger partial charge in [-0.1, -0.05) is 32.0 Å². The number of aldehydes is 1. The third-order valence-electron chi connectivity index (χ3n) is 12.7. The molecule has 5 heterocycles. The van der Waals surface area contributed by atoms with E-state index in [9.17, 15) is 18.8 Å². The molecule has 4 atom stereocenters. The quantitative estimate of drug-likeness (QED) is 0.0779. The van der Waals surface area contributed by atoms with Crippen molar-refractivity contribution in [3.8, 4) is 22.4 Å². The Kier molecular flexibility index (Phi) is 15.3. The largest absolute Gasteiger partial charge is 0.464 e. The number of pyridine rings is 1. The predicted octanol–water partition coefficient (Wildman–Crippen LogP) is 7.09. The molecule has 3 saturated heterocycles. The highest BCUT2D eigenvalue weighted by molar-refractivity contribution is 5.95. The summed E-state index contributed by atoms with van der Waals surface area (Å²) in [5.74, 6) is -0.276. The highest BCUT2D eigenvalue weighted by atomic mass is 19.1. The highest BCUT2D eigenvalue weighted by Crippen LogP contribution is 2.43. The van der Waals surface area contributed by atoms with Gasteiger partial charge in [0.2, 0.25) is 0 Å². The lowest BCUT2D eigenvalue weighted by Crippen LogP contribution is -2.58. The number of hydrazine groups is 1. The van der Waals surface area contributed by atoms with Crippen LogP contribution in [0.2, 0.25) is 0 Å². The second-order valence-corrected chi connectivity index (χ2v) is 19.5. The van der Waals surface area contributed by atoms with E-state index < -0.39 is 35.9 Å². The van der Waals surface area contributed by atoms with Gasteiger partial charge in [-0.3, -0.25) is 20.1 Å². The van der Waals surface area contributed by atoms with Crippen molar-refractivity contribution >= 4 is 34.9 Å². The molecular formula is C50H68FN7O7. The van der Waals surface area contributed by atoms with Gasteiger partial charge in [0.25, 0.3) is 0 Å². The van der Waals surface area contributed by atoms with E-state index in [-0.39, 0.29) is 25.1 Å². The average Bonchev–Trinajstić information content (AvgIpc) is 3.60. The monoisotopic (exact) mass is 898 g/mol. The number of aromatic nitrogens is 2. The molecule has 2 aromatic heterocycles. The summed E-state index contributed by atoms with van der Waals surface area (Å²) in [5.41, 5.74) is 13.7. The Morgan fingerprint density at radius 3 is 2.57 bits per heavy atom. The number of hydrogen-bond donors (Lipinski definition) is 3. The van der Waals surface area contributed by atoms with Crippen LogP contribution in [0.5, 0.6) is 0 Å². The number of hydrogen-bond acceptors (Lipinski definition) is 12. The Bertz CT molecular complexity index is 2320. The van der Waals surface area contributed by atoms with Crippen LogP contribution in [0.1, 0.15) is 89.8 Å². The van der Waals surface area contributed by atoms with Crippen LogP contribution in [0, 0.1) is 5.41 Å². The first-order valence-corrected chi connectivity index (χ1v) is 23.1. The number of anilines is 1. The van der Waals surface area contributed by atoms with E-state index in [0.29, 0.717) is 49.4 Å². The van der Waals surface area contributed by atoms with E-state index in [4.69, 9.17) is 23.9 Å². The number of nitrogens with zero attached hydrogens (tertiary/aromatic N) is 4. The van der Waals surface area contributed by atoms with E-state index in [1.165, 1.54) is 0 Å². The van der Waals surface area contributed by atoms with Crippen molar-refractivity contribution < 1.29 is 37.7 Å². The van der Waals surface area contributed by atoms with E-state index in [0.717, 1.165) is 96.0 Å². The SMILES string of the molecule is CCn1c(-c2cc(N3CCN4CCOC[C@@H]4C3)cnc2[C@H](C)OC)c(CC(C)(C)COC(=O)C2CCCNN2)c2cc(-c3cc(CF)cc(C[C@@H](C=O)NC(=O)OC(C)(C)C)c3)ccc21. The van der Waals surface area contributed by atoms with Gasteiger partial charge in [0, 0.05) is 68.3 Å². The molecule has 1 unspecified atom stereocenters. The molecule has 0 spiro atoms. The summed E-state index contributed by atoms with van der Waals surface area (Å²) < 4.78 is 40.3. The van der Waals surface area contributed by atoms with Gasteiger partial charge in [-0.15, -0.1) is 0 Å². The maximum absolute atomic E-state index is 14.6. The first-order valence-electron chi connectivity index (χ1n) is 23.1. The lowest BCUT2D eigenvalue weighted by Gasteiger charge is -2.44. The number of piperazine rings is 1. The Hall–Kier alpha value is -4.93. The van der Waals surface area contributed by atoms with Gasteiger partial charge in [0.1, 0.15) is 24.6 Å². The number of morpholine rings is 1. The first-order chi connectivity index (χ1) is 31.1. The fourth-order valence-electron chi connectivity index (χ4n) is 9.37. The zero-order valence-corrected chi connectivity index (χ0v) is 39.4. The first kappa shape index (κ1) is 48.0. The van der Waals surface area contributed by atoms with Crippen molar-refractivity contribution in [2.24, 2.45) is 5.41 Å². The molecule has 1 amide bonds. The van der Waals surface area contributed by atoms with Gasteiger partial charge in [0.05, 0.1) is 61.3 Å². The summed E-state index contributed by atoms with van der Waals surface area (Å²) >= 11 is 0. The molecule has 2 aromatic carbocycles. The predicted molar refractivity (Wildman–Crippen MR) is 250 cm³/mol. The highest BCUT2D eigenvalue weighted by Gasteiger charge is 2.33. The van der Waals surface area contributed by atoms with Crippen LogP contribution in [0.25, 0.3) is 33.3 Å². The molecule has 4 aromatic rings. The minimum Gasteiger partial charge on any atom is -0.464 e. The Balaban J connectivity index is 1.33. The molecular weight excluding hydrogens is 830 g/mol. The molecule has 3 fully saturated rings. The smallest absolute Gasteiger partial charge is 0.408 e. The van der Waals surface area contributed by atoms with Crippen molar-refractivity contribution in [1.29, 1.82) is 0 Å². The Morgan fingerprint density at radius 2 is 1.86 bits per heavy atom. The number of carbonyl (C=O) groups excluding carboxylic acids is 3. The Labute approximate surface area is 382 Å². The van der Waals surface area contributed by atoms with Crippen LogP contribution in [0.15, 0.2) is 48.7 Å². The molecule has 0 radical (unpaired) electrons. The van der Waals surface area contributed by atoms with Crippen molar-refractivity contribution in [2.45, 2.75) is 117 Å². The lowest BCUT2D eigenvalue weighted by atomic mass is 9.84. The molecule has 0 bridgehead atoms. The number of alkyl halides is 1. The van der Waals surface area contributed by atoms with E-state index in [2.05, 4.69) is 75.6 Å². The lowest BCUT2D eigenvalue weighted by molar-refractivity contribution is -0.150. The molecule has 352 valence electrons. The normalized spacial score (nSPS) is 19.4. The van der Waals surface area contributed by atoms with Crippen molar-refractivity contribution in [3.05, 3.63) is 71.0 Å². The number of alkyl carbamates (subject to hydrolysis) is 1.